The summed E-state index contributed by atoms with van der Waals surface area (Å²) in [6.45, 7) is 0. The number of hydrogen-bond donors (Lipinski definition) is 1. The fourth-order valence-electron chi connectivity index (χ4n) is 3.00. The Hall–Kier alpha value is -0.300. The van der Waals surface area contributed by atoms with Crippen molar-refractivity contribution in [1.82, 2.24) is 5.32 Å². The maximum Gasteiger partial charge on any atom is 0.0305 e. The Morgan fingerprint density at radius 2 is 1.93 bits per heavy atom. The van der Waals surface area contributed by atoms with Gasteiger partial charge in [-0.3, -0.25) is 0 Å². The molecule has 2 aliphatic rings. The van der Waals surface area contributed by atoms with Gasteiger partial charge in [0.05, 0.1) is 0 Å². The van der Waals surface area contributed by atoms with Crippen molar-refractivity contribution in [3.05, 3.63) is 11.6 Å². The zero-order valence-corrected chi connectivity index (χ0v) is 10.1. The standard InChI is InChI=1S/C14H25N/c1-15-14(13-10-7-11-13)12-8-5-3-2-4-6-9-12/h8,13-15H,2-7,9-11H2,1H3. The first-order valence-electron chi connectivity index (χ1n) is 6.78. The van der Waals surface area contributed by atoms with E-state index in [9.17, 15) is 0 Å². The van der Waals surface area contributed by atoms with Crippen molar-refractivity contribution in [2.45, 2.75) is 63.8 Å². The molecule has 0 bridgehead atoms. The van der Waals surface area contributed by atoms with Crippen molar-refractivity contribution in [1.29, 1.82) is 0 Å². The van der Waals surface area contributed by atoms with Gasteiger partial charge in [0.1, 0.15) is 0 Å². The quantitative estimate of drug-likeness (QED) is 0.696. The summed E-state index contributed by atoms with van der Waals surface area (Å²) < 4.78 is 0. The third-order valence-corrected chi connectivity index (χ3v) is 4.16. The second-order valence-electron chi connectivity index (χ2n) is 5.19. The van der Waals surface area contributed by atoms with Gasteiger partial charge in [-0.25, -0.2) is 0 Å². The topological polar surface area (TPSA) is 12.0 Å². The smallest absolute Gasteiger partial charge is 0.0305 e. The lowest BCUT2D eigenvalue weighted by molar-refractivity contribution is 0.255. The van der Waals surface area contributed by atoms with Gasteiger partial charge in [-0.2, -0.15) is 0 Å². The van der Waals surface area contributed by atoms with Crippen molar-refractivity contribution in [2.75, 3.05) is 7.05 Å². The van der Waals surface area contributed by atoms with Crippen molar-refractivity contribution in [2.24, 2.45) is 5.92 Å². The Balaban J connectivity index is 1.97. The van der Waals surface area contributed by atoms with Gasteiger partial charge in [-0.1, -0.05) is 30.9 Å². The van der Waals surface area contributed by atoms with Gasteiger partial charge in [0.2, 0.25) is 0 Å². The fourth-order valence-corrected chi connectivity index (χ4v) is 3.00. The van der Waals surface area contributed by atoms with E-state index in [4.69, 9.17) is 0 Å². The van der Waals surface area contributed by atoms with Gasteiger partial charge in [-0.05, 0) is 51.5 Å². The van der Waals surface area contributed by atoms with Gasteiger partial charge in [0.25, 0.3) is 0 Å². The van der Waals surface area contributed by atoms with Crippen molar-refractivity contribution >= 4 is 0 Å². The molecule has 2 aliphatic carbocycles. The predicted molar refractivity (Wildman–Crippen MR) is 66.0 cm³/mol. The summed E-state index contributed by atoms with van der Waals surface area (Å²) in [6, 6.07) is 0.705. The van der Waals surface area contributed by atoms with Crippen LogP contribution >= 0.6 is 0 Å². The number of rotatable bonds is 3. The van der Waals surface area contributed by atoms with E-state index in [0.717, 1.165) is 5.92 Å². The van der Waals surface area contributed by atoms with E-state index >= 15 is 0 Å². The van der Waals surface area contributed by atoms with Gasteiger partial charge < -0.3 is 5.32 Å². The van der Waals surface area contributed by atoms with Crippen molar-refractivity contribution in [3.63, 3.8) is 0 Å². The van der Waals surface area contributed by atoms with E-state index in [-0.39, 0.29) is 0 Å². The Labute approximate surface area is 94.3 Å². The maximum atomic E-state index is 3.55. The van der Waals surface area contributed by atoms with Gasteiger partial charge >= 0.3 is 0 Å². The Kier molecular flexibility index (Phi) is 4.25. The molecule has 1 N–H and O–H groups in total. The highest BCUT2D eigenvalue weighted by Gasteiger charge is 2.28. The largest absolute Gasteiger partial charge is 0.313 e. The van der Waals surface area contributed by atoms with Gasteiger partial charge in [0, 0.05) is 6.04 Å². The first-order chi connectivity index (χ1) is 7.42. The lowest BCUT2D eigenvalue weighted by atomic mass is 9.75. The van der Waals surface area contributed by atoms with Crippen LogP contribution in [0.1, 0.15) is 57.8 Å². The molecule has 2 rings (SSSR count). The molecular formula is C14H25N. The van der Waals surface area contributed by atoms with Crippen LogP contribution in [-0.4, -0.2) is 13.1 Å². The minimum Gasteiger partial charge on any atom is -0.313 e. The minimum absolute atomic E-state index is 0.705. The fraction of sp³-hybridized carbons (Fsp3) is 0.857. The Morgan fingerprint density at radius 3 is 2.60 bits per heavy atom. The molecule has 0 aromatic carbocycles. The predicted octanol–water partition coefficient (Wildman–Crippen LogP) is 3.66. The second kappa shape index (κ2) is 5.69. The molecule has 1 heteroatoms. The monoisotopic (exact) mass is 207 g/mol. The molecule has 1 unspecified atom stereocenters. The molecule has 0 radical (unpaired) electrons. The summed E-state index contributed by atoms with van der Waals surface area (Å²) in [5.74, 6) is 0.945. The number of likely N-dealkylation sites (N-methyl/N-ethyl adjacent to an activating group) is 1. The molecule has 0 aromatic heterocycles. The summed E-state index contributed by atoms with van der Waals surface area (Å²) in [6.07, 6.45) is 15.3. The van der Waals surface area contributed by atoms with Gasteiger partial charge in [-0.15, -0.1) is 0 Å². The third-order valence-electron chi connectivity index (χ3n) is 4.16. The highest BCUT2D eigenvalue weighted by Crippen LogP contribution is 2.34. The number of nitrogens with one attached hydrogen (secondary N) is 1. The molecule has 1 saturated carbocycles. The van der Waals surface area contributed by atoms with Crippen LogP contribution in [0, 0.1) is 5.92 Å². The van der Waals surface area contributed by atoms with Crippen LogP contribution in [0.15, 0.2) is 11.6 Å². The lowest BCUT2D eigenvalue weighted by Crippen LogP contribution is -2.39. The Morgan fingerprint density at radius 1 is 1.13 bits per heavy atom. The summed E-state index contributed by atoms with van der Waals surface area (Å²) in [7, 11) is 2.14. The average Bonchev–Trinajstić information content (AvgIpc) is 2.11. The van der Waals surface area contributed by atoms with Crippen LogP contribution in [0.25, 0.3) is 0 Å². The van der Waals surface area contributed by atoms with E-state index < -0.39 is 0 Å². The highest BCUT2D eigenvalue weighted by atomic mass is 14.9. The van der Waals surface area contributed by atoms with Gasteiger partial charge in [0.15, 0.2) is 0 Å². The normalized spacial score (nSPS) is 26.1. The zero-order chi connectivity index (χ0) is 10.5. The number of hydrogen-bond acceptors (Lipinski definition) is 1. The summed E-state index contributed by atoms with van der Waals surface area (Å²) in [4.78, 5) is 0. The van der Waals surface area contributed by atoms with Crippen molar-refractivity contribution in [3.8, 4) is 0 Å². The zero-order valence-electron chi connectivity index (χ0n) is 10.1. The molecule has 0 heterocycles. The average molecular weight is 207 g/mol. The molecule has 86 valence electrons. The summed E-state index contributed by atoms with van der Waals surface area (Å²) >= 11 is 0. The molecule has 1 atom stereocenters. The summed E-state index contributed by atoms with van der Waals surface area (Å²) in [5.41, 5.74) is 1.72. The third kappa shape index (κ3) is 2.84. The SMILES string of the molecule is CNC(C1=CCCCCCC1)C1CCC1. The minimum atomic E-state index is 0.705. The first-order valence-corrected chi connectivity index (χ1v) is 6.78. The first kappa shape index (κ1) is 11.2. The molecule has 0 aromatic rings. The van der Waals surface area contributed by atoms with Crippen LogP contribution in [0.4, 0.5) is 0 Å². The van der Waals surface area contributed by atoms with Crippen LogP contribution in [0.2, 0.25) is 0 Å². The molecular weight excluding hydrogens is 182 g/mol. The molecule has 0 aliphatic heterocycles. The van der Waals surface area contributed by atoms with E-state index in [2.05, 4.69) is 18.4 Å². The molecule has 1 nitrogen and oxygen atoms in total. The molecule has 15 heavy (non-hydrogen) atoms. The van der Waals surface area contributed by atoms with Crippen LogP contribution in [0.5, 0.6) is 0 Å². The molecule has 0 amide bonds. The van der Waals surface area contributed by atoms with E-state index in [0.29, 0.717) is 6.04 Å². The number of allylic oxidation sites excluding steroid dienone is 1. The second-order valence-corrected chi connectivity index (χ2v) is 5.19. The molecule has 0 spiro atoms. The lowest BCUT2D eigenvalue weighted by Gasteiger charge is -2.35. The van der Waals surface area contributed by atoms with Crippen LogP contribution in [-0.2, 0) is 0 Å². The molecule has 0 saturated heterocycles. The maximum absolute atomic E-state index is 3.55. The van der Waals surface area contributed by atoms with E-state index in [1.165, 1.54) is 57.8 Å². The summed E-state index contributed by atoms with van der Waals surface area (Å²) in [5, 5.41) is 3.55. The highest BCUT2D eigenvalue weighted by molar-refractivity contribution is 5.14. The van der Waals surface area contributed by atoms with Crippen LogP contribution in [0.3, 0.4) is 0 Å². The van der Waals surface area contributed by atoms with Crippen molar-refractivity contribution < 1.29 is 0 Å². The Bertz CT molecular complexity index is 215. The molecule has 1 fully saturated rings. The van der Waals surface area contributed by atoms with E-state index in [1.54, 1.807) is 5.57 Å². The van der Waals surface area contributed by atoms with E-state index in [1.807, 2.05) is 0 Å². The van der Waals surface area contributed by atoms with Crippen LogP contribution < -0.4 is 5.32 Å².